The van der Waals surface area contributed by atoms with Crippen LogP contribution >= 0.6 is 0 Å². The molecule has 0 unspecified atom stereocenters. The molecule has 1 aliphatic rings. The van der Waals surface area contributed by atoms with Crippen molar-refractivity contribution in [1.82, 2.24) is 24.5 Å². The number of halogens is 3. The van der Waals surface area contributed by atoms with E-state index >= 15 is 0 Å². The molecule has 12 nitrogen and oxygen atoms in total. The molecule has 0 saturated heterocycles. The number of aromatic nitrogens is 4. The summed E-state index contributed by atoms with van der Waals surface area (Å²) in [4.78, 5) is 27.6. The molecule has 3 aromatic carbocycles. The van der Waals surface area contributed by atoms with Gasteiger partial charge in [0, 0.05) is 13.6 Å². The molecule has 16 heteroatoms. The Hall–Kier alpha value is -5.50. The Kier molecular flexibility index (Phi) is 11.7. The van der Waals surface area contributed by atoms with Gasteiger partial charge >= 0.3 is 6.18 Å². The fourth-order valence-electron chi connectivity index (χ4n) is 6.61. The van der Waals surface area contributed by atoms with E-state index in [0.29, 0.717) is 29.5 Å². The number of carbonyl (C=O) groups excluding carboxylic acids is 1. The minimum absolute atomic E-state index is 0.0318. The van der Waals surface area contributed by atoms with Gasteiger partial charge in [-0.05, 0) is 92.3 Å². The lowest BCUT2D eigenvalue weighted by molar-refractivity contribution is -0.897. The first-order valence-corrected chi connectivity index (χ1v) is 18.5. The molecule has 1 fully saturated rings. The van der Waals surface area contributed by atoms with E-state index in [-0.39, 0.29) is 27.8 Å². The van der Waals surface area contributed by atoms with Gasteiger partial charge in [-0.3, -0.25) is 14.3 Å². The Morgan fingerprint density at radius 1 is 0.963 bits per heavy atom. The molecule has 1 amide bonds. The van der Waals surface area contributed by atoms with Crippen LogP contribution in [0.5, 0.6) is 0 Å². The molecular weight excluding hydrogens is 724 g/mol. The van der Waals surface area contributed by atoms with E-state index in [4.69, 9.17) is 0 Å². The molecule has 0 spiro atoms. The van der Waals surface area contributed by atoms with Gasteiger partial charge in [0.2, 0.25) is 0 Å². The van der Waals surface area contributed by atoms with E-state index in [1.54, 1.807) is 36.4 Å². The summed E-state index contributed by atoms with van der Waals surface area (Å²) < 4.78 is 76.5. The van der Waals surface area contributed by atoms with Gasteiger partial charge < -0.3 is 14.4 Å². The number of quaternary nitrogens is 1. The number of nitrogens with one attached hydrogen (secondary N) is 1. The zero-order valence-corrected chi connectivity index (χ0v) is 30.9. The highest BCUT2D eigenvalue weighted by atomic mass is 32.2. The highest BCUT2D eigenvalue weighted by Crippen LogP contribution is 2.32. The van der Waals surface area contributed by atoms with Crippen molar-refractivity contribution in [3.8, 4) is 28.8 Å². The lowest BCUT2D eigenvalue weighted by atomic mass is 9.85. The third-order valence-electron chi connectivity index (χ3n) is 9.53. The molecular formula is C38H40F3N7O5S. The van der Waals surface area contributed by atoms with E-state index < -0.39 is 33.3 Å². The number of alkyl halides is 3. The number of hydrogen-bond acceptors (Lipinski definition) is 7. The maximum absolute atomic E-state index is 14.0. The van der Waals surface area contributed by atoms with Crippen LogP contribution in [0.25, 0.3) is 22.8 Å². The second-order valence-electron chi connectivity index (χ2n) is 14.0. The quantitative estimate of drug-likeness (QED) is 0.162. The maximum Gasteiger partial charge on any atom is 0.416 e. The monoisotopic (exact) mass is 763 g/mol. The van der Waals surface area contributed by atoms with Crippen LogP contribution in [-0.4, -0.2) is 76.2 Å². The molecule has 6 rings (SSSR count). The number of amides is 1. The van der Waals surface area contributed by atoms with Crippen molar-refractivity contribution in [2.24, 2.45) is 13.0 Å². The number of carbonyl (C=O) groups is 1. The molecule has 1 aliphatic carbocycles. The summed E-state index contributed by atoms with van der Waals surface area (Å²) in [6.07, 6.45) is 0.851. The predicted molar refractivity (Wildman–Crippen MR) is 194 cm³/mol. The zero-order valence-electron chi connectivity index (χ0n) is 30.1. The lowest BCUT2D eigenvalue weighted by Gasteiger charge is -2.38. The van der Waals surface area contributed by atoms with Crippen LogP contribution in [0.3, 0.4) is 0 Å². The highest BCUT2D eigenvalue weighted by Gasteiger charge is 2.34. The van der Waals surface area contributed by atoms with E-state index in [1.807, 2.05) is 0 Å². The molecule has 54 heavy (non-hydrogen) atoms. The topological polar surface area (TPSA) is 155 Å². The third kappa shape index (κ3) is 8.99. The predicted octanol–water partition coefficient (Wildman–Crippen LogP) is 5.50. The largest absolute Gasteiger partial charge is 0.744 e. The highest BCUT2D eigenvalue weighted by molar-refractivity contribution is 7.85. The molecule has 0 bridgehead atoms. The standard InChI is InChI=1S/C32H34F3N7O2.C6H6O3S/c1-39-29(27-16-17-38-40(27)24-12-8-21(19-36)9-13-24)28(30(43)37-20-22-10-14-26(15-11-22)42(2,3)4)31(44)41(39)25-7-5-6-23(18-25)32(33,34)35;7-10(8,9)6-4-2-1-3-5-6/h5-9,12-13,16-18,22,26H,10-11,14-15,20H2,1-4H3;1-5H,(H,7,8,9). The van der Waals surface area contributed by atoms with E-state index in [9.17, 15) is 41.0 Å². The summed E-state index contributed by atoms with van der Waals surface area (Å²) in [5, 5.41) is 16.5. The summed E-state index contributed by atoms with van der Waals surface area (Å²) in [7, 11) is 3.82. The second kappa shape index (κ2) is 15.8. The molecule has 0 atom stereocenters. The number of nitrogens with zero attached hydrogens (tertiary/aromatic N) is 6. The summed E-state index contributed by atoms with van der Waals surface area (Å²) in [6.45, 7) is 0.384. The smallest absolute Gasteiger partial charge is 0.416 e. The van der Waals surface area contributed by atoms with Crippen LogP contribution in [0, 0.1) is 17.2 Å². The van der Waals surface area contributed by atoms with Crippen molar-refractivity contribution in [3.05, 3.63) is 118 Å². The maximum atomic E-state index is 14.0. The normalized spacial score (nSPS) is 16.2. The van der Waals surface area contributed by atoms with Gasteiger partial charge in [-0.25, -0.2) is 17.8 Å². The summed E-state index contributed by atoms with van der Waals surface area (Å²) in [5.41, 5.74) is -0.293. The number of benzene rings is 3. The summed E-state index contributed by atoms with van der Waals surface area (Å²) in [6, 6.07) is 22.5. The average Bonchev–Trinajstić information content (AvgIpc) is 3.72. The van der Waals surface area contributed by atoms with Crippen LogP contribution in [0.15, 0.2) is 101 Å². The molecule has 1 saturated carbocycles. The van der Waals surface area contributed by atoms with Crippen LogP contribution in [0.1, 0.15) is 47.2 Å². The van der Waals surface area contributed by atoms with Crippen LogP contribution in [-0.2, 0) is 23.3 Å². The van der Waals surface area contributed by atoms with E-state index in [1.165, 1.54) is 59.0 Å². The average molecular weight is 764 g/mol. The van der Waals surface area contributed by atoms with Gasteiger partial charge in [-0.2, -0.15) is 23.5 Å². The summed E-state index contributed by atoms with van der Waals surface area (Å²) >= 11 is 0. The SMILES string of the molecule is Cn1c(-c2ccnn2-c2ccc(C#N)cc2)c(C(=O)NCC2CCC([N+](C)(C)C)CC2)c(=O)n1-c1cccc(C(F)(F)F)c1.O=S(=O)([O-])c1ccccc1. The molecule has 0 radical (unpaired) electrons. The first-order valence-electron chi connectivity index (χ1n) is 17.0. The van der Waals surface area contributed by atoms with Crippen molar-refractivity contribution < 1.29 is 35.4 Å². The second-order valence-corrected chi connectivity index (χ2v) is 15.3. The fourth-order valence-corrected chi connectivity index (χ4v) is 7.10. The van der Waals surface area contributed by atoms with Gasteiger partial charge in [-0.15, -0.1) is 0 Å². The minimum atomic E-state index is -4.62. The Morgan fingerprint density at radius 3 is 2.17 bits per heavy atom. The number of rotatable bonds is 8. The van der Waals surface area contributed by atoms with Crippen LogP contribution in [0.2, 0.25) is 0 Å². The Morgan fingerprint density at radius 2 is 1.61 bits per heavy atom. The fraction of sp³-hybridized carbons (Fsp3) is 0.316. The lowest BCUT2D eigenvalue weighted by Crippen LogP contribution is -2.47. The number of hydrogen-bond donors (Lipinski definition) is 1. The van der Waals surface area contributed by atoms with Gasteiger partial charge in [0.05, 0.1) is 72.5 Å². The van der Waals surface area contributed by atoms with Crippen molar-refractivity contribution >= 4 is 16.0 Å². The molecule has 5 aromatic rings. The van der Waals surface area contributed by atoms with Gasteiger partial charge in [-0.1, -0.05) is 24.3 Å². The van der Waals surface area contributed by atoms with Crippen LogP contribution in [0.4, 0.5) is 13.2 Å². The van der Waals surface area contributed by atoms with Gasteiger partial charge in [0.1, 0.15) is 21.4 Å². The molecule has 0 aliphatic heterocycles. The zero-order chi connectivity index (χ0) is 39.4. The minimum Gasteiger partial charge on any atom is -0.744 e. The molecule has 2 aromatic heterocycles. The first-order chi connectivity index (χ1) is 25.4. The van der Waals surface area contributed by atoms with Crippen molar-refractivity contribution in [2.75, 3.05) is 27.7 Å². The third-order valence-corrected chi connectivity index (χ3v) is 10.4. The van der Waals surface area contributed by atoms with Crippen LogP contribution < -0.4 is 10.9 Å². The van der Waals surface area contributed by atoms with Crippen molar-refractivity contribution in [3.63, 3.8) is 0 Å². The van der Waals surface area contributed by atoms with Crippen molar-refractivity contribution in [1.29, 1.82) is 5.26 Å². The van der Waals surface area contributed by atoms with Crippen molar-refractivity contribution in [2.45, 2.75) is 42.8 Å². The molecule has 284 valence electrons. The van der Waals surface area contributed by atoms with Gasteiger partial charge in [0.15, 0.2) is 0 Å². The first kappa shape index (κ1) is 39.7. The molecule has 2 heterocycles. The Bertz CT molecular complexity index is 2310. The van der Waals surface area contributed by atoms with Gasteiger partial charge in [0.25, 0.3) is 11.5 Å². The summed E-state index contributed by atoms with van der Waals surface area (Å²) in [5.74, 6) is -0.351. The van der Waals surface area contributed by atoms with E-state index in [0.717, 1.165) is 47.0 Å². The molecule has 1 N–H and O–H groups in total. The Labute approximate surface area is 311 Å². The number of nitriles is 1. The Balaban J connectivity index is 0.000000486. The van der Waals surface area contributed by atoms with E-state index in [2.05, 4.69) is 37.6 Å².